The number of aliphatic carboxylic acids is 1. The Hall–Kier alpha value is -1.10. The molecule has 0 fully saturated rings. The summed E-state index contributed by atoms with van der Waals surface area (Å²) in [7, 11) is 0. The van der Waals surface area contributed by atoms with Crippen molar-refractivity contribution in [2.75, 3.05) is 18.0 Å². The van der Waals surface area contributed by atoms with Crippen molar-refractivity contribution in [1.82, 2.24) is 4.98 Å². The summed E-state index contributed by atoms with van der Waals surface area (Å²) in [5.41, 5.74) is 0. The molecule has 5 heteroatoms. The van der Waals surface area contributed by atoms with Crippen molar-refractivity contribution < 1.29 is 9.90 Å². The molecule has 0 saturated carbocycles. The molecule has 0 amide bonds. The van der Waals surface area contributed by atoms with E-state index in [1.165, 1.54) is 0 Å². The van der Waals surface area contributed by atoms with Gasteiger partial charge in [-0.15, -0.1) is 11.3 Å². The fourth-order valence-electron chi connectivity index (χ4n) is 1.31. The Bertz CT molecular complexity index is 298. The van der Waals surface area contributed by atoms with Crippen LogP contribution in [-0.4, -0.2) is 29.1 Å². The van der Waals surface area contributed by atoms with Crippen molar-refractivity contribution in [1.29, 1.82) is 0 Å². The number of carbonyl (C=O) groups is 1. The number of hydrogen-bond acceptors (Lipinski definition) is 4. The second kappa shape index (κ2) is 5.70. The van der Waals surface area contributed by atoms with Crippen LogP contribution in [-0.2, 0) is 4.79 Å². The van der Waals surface area contributed by atoms with E-state index in [2.05, 4.69) is 18.8 Å². The fourth-order valence-corrected chi connectivity index (χ4v) is 1.99. The van der Waals surface area contributed by atoms with Gasteiger partial charge in [0.25, 0.3) is 0 Å². The van der Waals surface area contributed by atoms with Gasteiger partial charge < -0.3 is 10.0 Å². The molecule has 0 spiro atoms. The van der Waals surface area contributed by atoms with Gasteiger partial charge in [0.05, 0.1) is 6.42 Å². The number of anilines is 1. The minimum Gasteiger partial charge on any atom is -0.481 e. The van der Waals surface area contributed by atoms with Crippen molar-refractivity contribution in [2.45, 2.75) is 20.3 Å². The van der Waals surface area contributed by atoms with Gasteiger partial charge in [-0.05, 0) is 5.92 Å². The summed E-state index contributed by atoms with van der Waals surface area (Å²) in [5.74, 6) is -0.261. The maximum absolute atomic E-state index is 10.5. The molecular weight excluding hydrogens is 212 g/mol. The molecule has 0 aliphatic carbocycles. The molecule has 1 rings (SSSR count). The zero-order valence-electron chi connectivity index (χ0n) is 9.01. The van der Waals surface area contributed by atoms with Crippen LogP contribution in [0.25, 0.3) is 0 Å². The number of carboxylic acid groups (broad SMARTS) is 1. The second-order valence-electron chi connectivity index (χ2n) is 3.80. The molecule has 0 bridgehead atoms. The summed E-state index contributed by atoms with van der Waals surface area (Å²) in [6, 6.07) is 0. The highest BCUT2D eigenvalue weighted by atomic mass is 32.1. The third-order valence-electron chi connectivity index (χ3n) is 1.87. The molecule has 1 aromatic rings. The molecule has 1 N–H and O–H groups in total. The van der Waals surface area contributed by atoms with Gasteiger partial charge in [-0.25, -0.2) is 4.98 Å². The first-order chi connectivity index (χ1) is 7.09. The van der Waals surface area contributed by atoms with E-state index < -0.39 is 5.97 Å². The molecule has 0 aliphatic rings. The fraction of sp³-hybridized carbons (Fsp3) is 0.600. The lowest BCUT2D eigenvalue weighted by molar-refractivity contribution is -0.136. The lowest BCUT2D eigenvalue weighted by Gasteiger charge is -2.22. The average molecular weight is 228 g/mol. The maximum Gasteiger partial charge on any atom is 0.305 e. The summed E-state index contributed by atoms with van der Waals surface area (Å²) >= 11 is 1.55. The van der Waals surface area contributed by atoms with Crippen LogP contribution < -0.4 is 4.90 Å². The van der Waals surface area contributed by atoms with Gasteiger partial charge in [0, 0.05) is 24.7 Å². The number of aromatic nitrogens is 1. The first-order valence-corrected chi connectivity index (χ1v) is 5.83. The standard InChI is InChI=1S/C10H16N2O2S/c1-8(2)7-12(5-3-9(13)14)10-11-4-6-15-10/h4,6,8H,3,5,7H2,1-2H3,(H,13,14). The highest BCUT2D eigenvalue weighted by Crippen LogP contribution is 2.18. The molecule has 0 saturated heterocycles. The van der Waals surface area contributed by atoms with E-state index in [0.717, 1.165) is 11.7 Å². The first-order valence-electron chi connectivity index (χ1n) is 4.96. The lowest BCUT2D eigenvalue weighted by Crippen LogP contribution is -2.29. The second-order valence-corrected chi connectivity index (χ2v) is 4.67. The number of rotatable bonds is 6. The molecule has 0 unspecified atom stereocenters. The summed E-state index contributed by atoms with van der Waals surface area (Å²) < 4.78 is 0. The monoisotopic (exact) mass is 228 g/mol. The van der Waals surface area contributed by atoms with Crippen LogP contribution in [0, 0.1) is 5.92 Å². The third kappa shape index (κ3) is 4.29. The van der Waals surface area contributed by atoms with Crippen molar-refractivity contribution >= 4 is 22.4 Å². The van der Waals surface area contributed by atoms with Crippen LogP contribution in [0.1, 0.15) is 20.3 Å². The molecule has 4 nitrogen and oxygen atoms in total. The molecule has 1 heterocycles. The van der Waals surface area contributed by atoms with E-state index in [9.17, 15) is 4.79 Å². The molecule has 84 valence electrons. The summed E-state index contributed by atoms with van der Waals surface area (Å²) in [6.07, 6.45) is 1.90. The number of hydrogen-bond donors (Lipinski definition) is 1. The zero-order chi connectivity index (χ0) is 11.3. The van der Waals surface area contributed by atoms with Gasteiger partial charge in [0.1, 0.15) is 0 Å². The molecule has 0 atom stereocenters. The molecule has 0 aromatic carbocycles. The van der Waals surface area contributed by atoms with Gasteiger partial charge in [0.15, 0.2) is 5.13 Å². The van der Waals surface area contributed by atoms with Crippen LogP contribution in [0.5, 0.6) is 0 Å². The van der Waals surface area contributed by atoms with Crippen LogP contribution in [0.4, 0.5) is 5.13 Å². The predicted molar refractivity (Wildman–Crippen MR) is 61.4 cm³/mol. The van der Waals surface area contributed by atoms with Crippen molar-refractivity contribution in [3.8, 4) is 0 Å². The van der Waals surface area contributed by atoms with Crippen LogP contribution in [0.3, 0.4) is 0 Å². The Kier molecular flexibility index (Phi) is 4.55. The highest BCUT2D eigenvalue weighted by Gasteiger charge is 2.12. The first kappa shape index (κ1) is 12.0. The number of carboxylic acids is 1. The lowest BCUT2D eigenvalue weighted by atomic mass is 10.2. The Labute approximate surface area is 93.6 Å². The predicted octanol–water partition coefficient (Wildman–Crippen LogP) is 2.08. The molecule has 1 aromatic heterocycles. The van der Waals surface area contributed by atoms with E-state index in [1.807, 2.05) is 10.3 Å². The van der Waals surface area contributed by atoms with Gasteiger partial charge in [-0.3, -0.25) is 4.79 Å². The van der Waals surface area contributed by atoms with Gasteiger partial charge >= 0.3 is 5.97 Å². The Morgan fingerprint density at radius 3 is 2.87 bits per heavy atom. The topological polar surface area (TPSA) is 53.4 Å². The van der Waals surface area contributed by atoms with Crippen LogP contribution in [0.2, 0.25) is 0 Å². The van der Waals surface area contributed by atoms with Crippen LogP contribution >= 0.6 is 11.3 Å². The van der Waals surface area contributed by atoms with E-state index in [4.69, 9.17) is 5.11 Å². The largest absolute Gasteiger partial charge is 0.481 e. The van der Waals surface area contributed by atoms with E-state index in [0.29, 0.717) is 12.5 Å². The van der Waals surface area contributed by atoms with Gasteiger partial charge in [-0.2, -0.15) is 0 Å². The SMILES string of the molecule is CC(C)CN(CCC(=O)O)c1nccs1. The van der Waals surface area contributed by atoms with Crippen molar-refractivity contribution in [3.63, 3.8) is 0 Å². The average Bonchev–Trinajstić information content (AvgIpc) is 2.63. The summed E-state index contributed by atoms with van der Waals surface area (Å²) in [4.78, 5) is 16.7. The highest BCUT2D eigenvalue weighted by molar-refractivity contribution is 7.13. The van der Waals surface area contributed by atoms with E-state index in [1.54, 1.807) is 17.5 Å². The van der Waals surface area contributed by atoms with Crippen molar-refractivity contribution in [2.24, 2.45) is 5.92 Å². The number of nitrogens with zero attached hydrogens (tertiary/aromatic N) is 2. The van der Waals surface area contributed by atoms with Gasteiger partial charge in [0.2, 0.25) is 0 Å². The van der Waals surface area contributed by atoms with Gasteiger partial charge in [-0.1, -0.05) is 13.8 Å². The zero-order valence-corrected chi connectivity index (χ0v) is 9.83. The molecule has 0 radical (unpaired) electrons. The third-order valence-corrected chi connectivity index (χ3v) is 2.70. The molecule has 15 heavy (non-hydrogen) atoms. The Morgan fingerprint density at radius 1 is 1.67 bits per heavy atom. The minimum absolute atomic E-state index is 0.159. The van der Waals surface area contributed by atoms with Crippen molar-refractivity contribution in [3.05, 3.63) is 11.6 Å². The maximum atomic E-state index is 10.5. The molecule has 0 aliphatic heterocycles. The van der Waals surface area contributed by atoms with E-state index >= 15 is 0 Å². The quantitative estimate of drug-likeness (QED) is 0.810. The molecular formula is C10H16N2O2S. The van der Waals surface area contributed by atoms with Crippen LogP contribution in [0.15, 0.2) is 11.6 Å². The Morgan fingerprint density at radius 2 is 2.40 bits per heavy atom. The van der Waals surface area contributed by atoms with E-state index in [-0.39, 0.29) is 6.42 Å². The minimum atomic E-state index is -0.764. The number of thiazole rings is 1. The summed E-state index contributed by atoms with van der Waals surface area (Å²) in [5, 5.41) is 11.5. The smallest absolute Gasteiger partial charge is 0.305 e. The Balaban J connectivity index is 2.57. The normalized spacial score (nSPS) is 10.6. The summed E-state index contributed by atoms with van der Waals surface area (Å²) in [6.45, 7) is 5.60.